The largest absolute Gasteiger partial charge is 0.310 e. The van der Waals surface area contributed by atoms with Crippen molar-refractivity contribution in [2.75, 3.05) is 11.9 Å². The summed E-state index contributed by atoms with van der Waals surface area (Å²) in [5, 5.41) is 8.70. The zero-order chi connectivity index (χ0) is 13.8. The third-order valence-electron chi connectivity index (χ3n) is 2.81. The van der Waals surface area contributed by atoms with E-state index in [9.17, 15) is 4.79 Å². The van der Waals surface area contributed by atoms with Crippen molar-refractivity contribution in [1.29, 1.82) is 5.26 Å². The summed E-state index contributed by atoms with van der Waals surface area (Å²) in [7, 11) is 1.71. The van der Waals surface area contributed by atoms with Crippen molar-refractivity contribution in [3.8, 4) is 6.07 Å². The Bertz CT molecular complexity index is 641. The van der Waals surface area contributed by atoms with E-state index in [1.54, 1.807) is 24.1 Å². The number of amides is 1. The number of anilines is 1. The minimum atomic E-state index is -0.199. The Morgan fingerprint density at radius 1 is 1.32 bits per heavy atom. The van der Waals surface area contributed by atoms with Crippen LogP contribution < -0.4 is 4.90 Å². The van der Waals surface area contributed by atoms with E-state index in [1.807, 2.05) is 37.3 Å². The van der Waals surface area contributed by atoms with E-state index in [1.165, 1.54) is 6.20 Å². The molecule has 4 nitrogen and oxygen atoms in total. The van der Waals surface area contributed by atoms with Gasteiger partial charge in [0.2, 0.25) is 0 Å². The SMILES string of the molecule is Cc1cccc(N(C)C(=O)c2ccc(C#N)cn2)c1. The van der Waals surface area contributed by atoms with Gasteiger partial charge in [0.25, 0.3) is 5.91 Å². The highest BCUT2D eigenvalue weighted by Crippen LogP contribution is 2.16. The average Bonchev–Trinajstić information content (AvgIpc) is 2.46. The first-order chi connectivity index (χ1) is 9.11. The Balaban J connectivity index is 2.26. The lowest BCUT2D eigenvalue weighted by molar-refractivity contribution is 0.0988. The lowest BCUT2D eigenvalue weighted by Gasteiger charge is -2.17. The highest BCUT2D eigenvalue weighted by Gasteiger charge is 2.14. The molecule has 94 valence electrons. The highest BCUT2D eigenvalue weighted by molar-refractivity contribution is 6.04. The fourth-order valence-corrected chi connectivity index (χ4v) is 1.71. The highest BCUT2D eigenvalue weighted by atomic mass is 16.2. The molecule has 2 aromatic rings. The van der Waals surface area contributed by atoms with Gasteiger partial charge in [-0.1, -0.05) is 12.1 Å². The molecule has 19 heavy (non-hydrogen) atoms. The van der Waals surface area contributed by atoms with Crippen molar-refractivity contribution >= 4 is 11.6 Å². The molecule has 0 saturated heterocycles. The van der Waals surface area contributed by atoms with Gasteiger partial charge < -0.3 is 4.90 Å². The van der Waals surface area contributed by atoms with Crippen molar-refractivity contribution in [2.45, 2.75) is 6.92 Å². The summed E-state index contributed by atoms with van der Waals surface area (Å²) in [5.74, 6) is -0.199. The first-order valence-corrected chi connectivity index (χ1v) is 5.82. The standard InChI is InChI=1S/C15H13N3O/c1-11-4-3-5-13(8-11)18(2)15(19)14-7-6-12(9-16)10-17-14/h3-8,10H,1-2H3. The summed E-state index contributed by atoms with van der Waals surface area (Å²) in [5.41, 5.74) is 2.67. The number of nitrogens with zero attached hydrogens (tertiary/aromatic N) is 3. The van der Waals surface area contributed by atoms with Gasteiger partial charge in [0.15, 0.2) is 0 Å². The summed E-state index contributed by atoms with van der Waals surface area (Å²) in [6, 6.07) is 12.8. The smallest absolute Gasteiger partial charge is 0.276 e. The Morgan fingerprint density at radius 2 is 2.11 bits per heavy atom. The van der Waals surface area contributed by atoms with Gasteiger partial charge in [-0.3, -0.25) is 4.79 Å². The van der Waals surface area contributed by atoms with Crippen molar-refractivity contribution in [1.82, 2.24) is 4.98 Å². The molecule has 1 heterocycles. The van der Waals surface area contributed by atoms with Crippen LogP contribution in [0.1, 0.15) is 21.6 Å². The number of benzene rings is 1. The second-order valence-electron chi connectivity index (χ2n) is 4.25. The maximum atomic E-state index is 12.2. The number of pyridine rings is 1. The number of hydrogen-bond donors (Lipinski definition) is 0. The van der Waals surface area contributed by atoms with E-state index in [0.29, 0.717) is 11.3 Å². The summed E-state index contributed by atoms with van der Waals surface area (Å²) >= 11 is 0. The Labute approximate surface area is 111 Å². The molecule has 0 fully saturated rings. The van der Waals surface area contributed by atoms with Gasteiger partial charge in [-0.2, -0.15) is 5.26 Å². The monoisotopic (exact) mass is 251 g/mol. The molecule has 1 aromatic carbocycles. The van der Waals surface area contributed by atoms with Crippen LogP contribution in [-0.4, -0.2) is 17.9 Å². The van der Waals surface area contributed by atoms with Gasteiger partial charge in [-0.15, -0.1) is 0 Å². The zero-order valence-electron chi connectivity index (χ0n) is 10.8. The zero-order valence-corrected chi connectivity index (χ0v) is 10.8. The van der Waals surface area contributed by atoms with Crippen LogP contribution in [0.15, 0.2) is 42.6 Å². The quantitative estimate of drug-likeness (QED) is 0.824. The fourth-order valence-electron chi connectivity index (χ4n) is 1.71. The number of aryl methyl sites for hydroxylation is 1. The third-order valence-corrected chi connectivity index (χ3v) is 2.81. The van der Waals surface area contributed by atoms with E-state index < -0.39 is 0 Å². The van der Waals surface area contributed by atoms with Gasteiger partial charge in [0, 0.05) is 18.9 Å². The maximum absolute atomic E-state index is 12.2. The minimum absolute atomic E-state index is 0.199. The summed E-state index contributed by atoms with van der Waals surface area (Å²) in [6.07, 6.45) is 1.40. The molecular formula is C15H13N3O. The summed E-state index contributed by atoms with van der Waals surface area (Å²) in [4.78, 5) is 17.8. The van der Waals surface area contributed by atoms with Gasteiger partial charge >= 0.3 is 0 Å². The fraction of sp³-hybridized carbons (Fsp3) is 0.133. The molecule has 0 atom stereocenters. The molecule has 0 radical (unpaired) electrons. The minimum Gasteiger partial charge on any atom is -0.310 e. The Morgan fingerprint density at radius 3 is 2.68 bits per heavy atom. The number of carbonyl (C=O) groups excluding carboxylic acids is 1. The molecule has 0 saturated carbocycles. The predicted octanol–water partition coefficient (Wildman–Crippen LogP) is 2.54. The molecule has 0 aliphatic heterocycles. The van der Waals surface area contributed by atoms with Gasteiger partial charge in [0.05, 0.1) is 5.56 Å². The van der Waals surface area contributed by atoms with Crippen LogP contribution in [0, 0.1) is 18.3 Å². The second kappa shape index (κ2) is 5.32. The molecule has 0 bridgehead atoms. The lowest BCUT2D eigenvalue weighted by Crippen LogP contribution is -2.27. The van der Waals surface area contributed by atoms with Crippen molar-refractivity contribution < 1.29 is 4.79 Å². The number of nitriles is 1. The molecular weight excluding hydrogens is 238 g/mol. The van der Waals surface area contributed by atoms with E-state index in [4.69, 9.17) is 5.26 Å². The topological polar surface area (TPSA) is 57.0 Å². The summed E-state index contributed by atoms with van der Waals surface area (Å²) in [6.45, 7) is 1.97. The van der Waals surface area contributed by atoms with Gasteiger partial charge in [-0.25, -0.2) is 4.98 Å². The van der Waals surface area contributed by atoms with Gasteiger partial charge in [0.1, 0.15) is 11.8 Å². The Hall–Kier alpha value is -2.67. The average molecular weight is 251 g/mol. The van der Waals surface area contributed by atoms with Crippen LogP contribution in [0.25, 0.3) is 0 Å². The molecule has 0 spiro atoms. The first kappa shape index (κ1) is 12.8. The summed E-state index contributed by atoms with van der Waals surface area (Å²) < 4.78 is 0. The van der Waals surface area contributed by atoms with Crippen molar-refractivity contribution in [3.05, 3.63) is 59.4 Å². The second-order valence-corrected chi connectivity index (χ2v) is 4.25. The van der Waals surface area contributed by atoms with Crippen molar-refractivity contribution in [3.63, 3.8) is 0 Å². The number of aromatic nitrogens is 1. The van der Waals surface area contributed by atoms with Crippen LogP contribution in [0.5, 0.6) is 0 Å². The van der Waals surface area contributed by atoms with Crippen LogP contribution in [0.4, 0.5) is 5.69 Å². The molecule has 0 N–H and O–H groups in total. The first-order valence-electron chi connectivity index (χ1n) is 5.82. The number of hydrogen-bond acceptors (Lipinski definition) is 3. The van der Waals surface area contributed by atoms with E-state index in [-0.39, 0.29) is 5.91 Å². The van der Waals surface area contributed by atoms with Crippen LogP contribution in [0.3, 0.4) is 0 Å². The normalized spacial score (nSPS) is 9.74. The number of rotatable bonds is 2. The molecule has 0 aliphatic carbocycles. The molecule has 1 amide bonds. The number of carbonyl (C=O) groups is 1. The van der Waals surface area contributed by atoms with E-state index >= 15 is 0 Å². The molecule has 2 rings (SSSR count). The maximum Gasteiger partial charge on any atom is 0.276 e. The van der Waals surface area contributed by atoms with Gasteiger partial charge in [-0.05, 0) is 36.8 Å². The molecule has 4 heteroatoms. The van der Waals surface area contributed by atoms with E-state index in [2.05, 4.69) is 4.98 Å². The third kappa shape index (κ3) is 2.78. The van der Waals surface area contributed by atoms with Crippen LogP contribution in [0.2, 0.25) is 0 Å². The molecule has 0 unspecified atom stereocenters. The molecule has 0 aliphatic rings. The lowest BCUT2D eigenvalue weighted by atomic mass is 10.2. The Kier molecular flexibility index (Phi) is 3.58. The van der Waals surface area contributed by atoms with Crippen molar-refractivity contribution in [2.24, 2.45) is 0 Å². The molecule has 1 aromatic heterocycles. The van der Waals surface area contributed by atoms with E-state index in [0.717, 1.165) is 11.3 Å². The predicted molar refractivity (Wildman–Crippen MR) is 72.9 cm³/mol. The van der Waals surface area contributed by atoms with Crippen LogP contribution >= 0.6 is 0 Å². The van der Waals surface area contributed by atoms with Crippen LogP contribution in [-0.2, 0) is 0 Å².